The maximum Gasteiger partial charge on any atom is 0.127 e. The van der Waals surface area contributed by atoms with Crippen molar-refractivity contribution in [1.29, 1.82) is 0 Å². The van der Waals surface area contributed by atoms with Crippen LogP contribution < -0.4 is 4.74 Å². The molecule has 0 spiro atoms. The summed E-state index contributed by atoms with van der Waals surface area (Å²) in [6.07, 6.45) is 4.53. The van der Waals surface area contributed by atoms with E-state index in [2.05, 4.69) is 43.0 Å². The van der Waals surface area contributed by atoms with Crippen LogP contribution >= 0.6 is 0 Å². The third kappa shape index (κ3) is 2.05. The first kappa shape index (κ1) is 10.4. The van der Waals surface area contributed by atoms with Crippen molar-refractivity contribution in [2.45, 2.75) is 12.8 Å². The molecule has 0 aliphatic heterocycles. The van der Waals surface area contributed by atoms with Crippen molar-refractivity contribution < 1.29 is 4.74 Å². The van der Waals surface area contributed by atoms with E-state index in [0.29, 0.717) is 0 Å². The molecule has 0 saturated heterocycles. The summed E-state index contributed by atoms with van der Waals surface area (Å²) in [7, 11) is 0. The predicted octanol–water partition coefficient (Wildman–Crippen LogP) is 4.27. The van der Waals surface area contributed by atoms with E-state index in [9.17, 15) is 0 Å². The molecule has 1 aliphatic carbocycles. The summed E-state index contributed by atoms with van der Waals surface area (Å²) in [5.41, 5.74) is 1.11. The van der Waals surface area contributed by atoms with Crippen LogP contribution in [0, 0.1) is 5.92 Å². The molecule has 3 rings (SSSR count). The largest absolute Gasteiger partial charge is 0.493 e. The van der Waals surface area contributed by atoms with E-state index in [4.69, 9.17) is 4.74 Å². The molecule has 0 radical (unpaired) electrons. The van der Waals surface area contributed by atoms with Gasteiger partial charge in [-0.3, -0.25) is 0 Å². The zero-order valence-corrected chi connectivity index (χ0v) is 9.86. The van der Waals surface area contributed by atoms with Crippen LogP contribution in [0.4, 0.5) is 0 Å². The minimum atomic E-state index is 0.777. The molecule has 0 N–H and O–H groups in total. The van der Waals surface area contributed by atoms with Crippen molar-refractivity contribution in [2.24, 2.45) is 5.92 Å². The standard InChI is InChI=1S/C16H16O/c1-2-14-15-6-4-3-5-13(15)9-10-16(14)17-11-12-7-8-12/h2-6,9-10,12H,1,7-8,11H2. The van der Waals surface area contributed by atoms with Gasteiger partial charge in [0.25, 0.3) is 0 Å². The second-order valence-corrected chi connectivity index (χ2v) is 4.66. The van der Waals surface area contributed by atoms with Gasteiger partial charge in [-0.05, 0) is 35.6 Å². The van der Waals surface area contributed by atoms with Gasteiger partial charge < -0.3 is 4.74 Å². The molecule has 0 bridgehead atoms. The van der Waals surface area contributed by atoms with Gasteiger partial charge in [0, 0.05) is 5.56 Å². The fraction of sp³-hybridized carbons (Fsp3) is 0.250. The minimum absolute atomic E-state index is 0.777. The summed E-state index contributed by atoms with van der Waals surface area (Å²) in [5, 5.41) is 2.46. The summed E-state index contributed by atoms with van der Waals surface area (Å²) in [6, 6.07) is 12.5. The van der Waals surface area contributed by atoms with Gasteiger partial charge in [-0.1, -0.05) is 43.0 Å². The van der Waals surface area contributed by atoms with Crippen molar-refractivity contribution >= 4 is 16.8 Å². The van der Waals surface area contributed by atoms with Crippen LogP contribution in [0.3, 0.4) is 0 Å². The zero-order chi connectivity index (χ0) is 11.7. The topological polar surface area (TPSA) is 9.23 Å². The number of hydrogen-bond donors (Lipinski definition) is 0. The highest BCUT2D eigenvalue weighted by Crippen LogP contribution is 2.33. The van der Waals surface area contributed by atoms with Crippen molar-refractivity contribution in [2.75, 3.05) is 6.61 Å². The van der Waals surface area contributed by atoms with E-state index < -0.39 is 0 Å². The van der Waals surface area contributed by atoms with Crippen LogP contribution in [0.2, 0.25) is 0 Å². The Kier molecular flexibility index (Phi) is 2.60. The molecule has 0 aromatic heterocycles. The van der Waals surface area contributed by atoms with Gasteiger partial charge in [0.2, 0.25) is 0 Å². The molecule has 1 saturated carbocycles. The molecule has 1 nitrogen and oxygen atoms in total. The highest BCUT2D eigenvalue weighted by Gasteiger charge is 2.22. The predicted molar refractivity (Wildman–Crippen MR) is 72.3 cm³/mol. The van der Waals surface area contributed by atoms with Gasteiger partial charge in [-0.15, -0.1) is 0 Å². The number of hydrogen-bond acceptors (Lipinski definition) is 1. The third-order valence-corrected chi connectivity index (χ3v) is 3.31. The van der Waals surface area contributed by atoms with Gasteiger partial charge in [-0.2, -0.15) is 0 Å². The summed E-state index contributed by atoms with van der Waals surface area (Å²) >= 11 is 0. The molecule has 0 unspecified atom stereocenters. The maximum absolute atomic E-state index is 5.89. The first-order chi connectivity index (χ1) is 8.38. The van der Waals surface area contributed by atoms with Gasteiger partial charge >= 0.3 is 0 Å². The van der Waals surface area contributed by atoms with Crippen molar-refractivity contribution in [1.82, 2.24) is 0 Å². The van der Waals surface area contributed by atoms with Crippen molar-refractivity contribution in [3.05, 3.63) is 48.5 Å². The fourth-order valence-corrected chi connectivity index (χ4v) is 2.10. The number of ether oxygens (including phenoxy) is 1. The van der Waals surface area contributed by atoms with Gasteiger partial charge in [0.1, 0.15) is 5.75 Å². The molecule has 2 aromatic rings. The summed E-state index contributed by atoms with van der Waals surface area (Å²) < 4.78 is 5.89. The highest BCUT2D eigenvalue weighted by atomic mass is 16.5. The Morgan fingerprint density at radius 1 is 1.18 bits per heavy atom. The average molecular weight is 224 g/mol. The van der Waals surface area contributed by atoms with E-state index in [-0.39, 0.29) is 0 Å². The highest BCUT2D eigenvalue weighted by molar-refractivity contribution is 5.92. The lowest BCUT2D eigenvalue weighted by molar-refractivity contribution is 0.299. The van der Waals surface area contributed by atoms with Gasteiger partial charge in [0.15, 0.2) is 0 Å². The van der Waals surface area contributed by atoms with Gasteiger partial charge in [0.05, 0.1) is 6.61 Å². The molecule has 1 aliphatic rings. The Hall–Kier alpha value is -1.76. The zero-order valence-electron chi connectivity index (χ0n) is 9.86. The van der Waals surface area contributed by atoms with Gasteiger partial charge in [-0.25, -0.2) is 0 Å². The molecule has 17 heavy (non-hydrogen) atoms. The minimum Gasteiger partial charge on any atom is -0.493 e. The van der Waals surface area contributed by atoms with Crippen LogP contribution in [0.1, 0.15) is 18.4 Å². The Morgan fingerprint density at radius 3 is 2.76 bits per heavy atom. The quantitative estimate of drug-likeness (QED) is 0.753. The maximum atomic E-state index is 5.89. The Morgan fingerprint density at radius 2 is 2.00 bits per heavy atom. The molecule has 0 heterocycles. The van der Waals surface area contributed by atoms with Crippen LogP contribution in [-0.2, 0) is 0 Å². The molecule has 1 fully saturated rings. The lowest BCUT2D eigenvalue weighted by atomic mass is 10.0. The Balaban J connectivity index is 2.01. The molecule has 0 atom stereocenters. The fourth-order valence-electron chi connectivity index (χ4n) is 2.10. The molecule has 86 valence electrons. The van der Waals surface area contributed by atoms with E-state index in [0.717, 1.165) is 23.8 Å². The summed E-state index contributed by atoms with van der Waals surface area (Å²) in [5.74, 6) is 1.74. The first-order valence-corrected chi connectivity index (χ1v) is 6.15. The van der Waals surface area contributed by atoms with Crippen LogP contribution in [0.25, 0.3) is 16.8 Å². The molecular formula is C16H16O. The first-order valence-electron chi connectivity index (χ1n) is 6.15. The third-order valence-electron chi connectivity index (χ3n) is 3.31. The lowest BCUT2D eigenvalue weighted by Gasteiger charge is -2.11. The Labute approximate surface area is 102 Å². The molecule has 1 heteroatoms. The number of rotatable bonds is 4. The number of benzene rings is 2. The SMILES string of the molecule is C=Cc1c(OCC2CC2)ccc2ccccc12. The monoisotopic (exact) mass is 224 g/mol. The molecule has 2 aromatic carbocycles. The van der Waals surface area contributed by atoms with Crippen LogP contribution in [0.15, 0.2) is 43.0 Å². The van der Waals surface area contributed by atoms with E-state index in [1.807, 2.05) is 6.08 Å². The van der Waals surface area contributed by atoms with E-state index in [1.165, 1.54) is 23.6 Å². The second-order valence-electron chi connectivity index (χ2n) is 4.66. The molecular weight excluding hydrogens is 208 g/mol. The summed E-state index contributed by atoms with van der Waals surface area (Å²) in [6.45, 7) is 4.75. The van der Waals surface area contributed by atoms with Crippen LogP contribution in [0.5, 0.6) is 5.75 Å². The van der Waals surface area contributed by atoms with E-state index in [1.54, 1.807) is 0 Å². The van der Waals surface area contributed by atoms with Crippen molar-refractivity contribution in [3.8, 4) is 5.75 Å². The average Bonchev–Trinajstić information content (AvgIpc) is 3.19. The smallest absolute Gasteiger partial charge is 0.127 e. The summed E-state index contributed by atoms with van der Waals surface area (Å²) in [4.78, 5) is 0. The van der Waals surface area contributed by atoms with Crippen LogP contribution in [-0.4, -0.2) is 6.61 Å². The van der Waals surface area contributed by atoms with Crippen molar-refractivity contribution in [3.63, 3.8) is 0 Å². The normalized spacial score (nSPS) is 14.8. The lowest BCUT2D eigenvalue weighted by Crippen LogP contribution is -2.00. The van der Waals surface area contributed by atoms with E-state index >= 15 is 0 Å². The second kappa shape index (κ2) is 4.25. The Bertz CT molecular complexity index is 552. The molecule has 0 amide bonds. The number of fused-ring (bicyclic) bond motifs is 1.